The molecule has 0 aliphatic carbocycles. The quantitative estimate of drug-likeness (QED) is 0.733. The van der Waals surface area contributed by atoms with Crippen molar-refractivity contribution in [2.24, 2.45) is 0 Å². The number of aromatic nitrogens is 2. The van der Waals surface area contributed by atoms with Crippen molar-refractivity contribution in [2.75, 3.05) is 12.5 Å². The molecule has 2 N–H and O–H groups in total. The van der Waals surface area contributed by atoms with Crippen molar-refractivity contribution in [2.45, 2.75) is 13.2 Å². The van der Waals surface area contributed by atoms with Crippen molar-refractivity contribution in [3.63, 3.8) is 0 Å². The fourth-order valence-electron chi connectivity index (χ4n) is 2.76. The fraction of sp³-hybridized carbons (Fsp3) is 0.188. The normalized spacial score (nSPS) is 13.9. The molecule has 0 saturated heterocycles. The Hall–Kier alpha value is -2.53. The first-order chi connectivity index (χ1) is 10.3. The van der Waals surface area contributed by atoms with Crippen molar-refractivity contribution in [1.29, 1.82) is 0 Å². The molecule has 0 bridgehead atoms. The van der Waals surface area contributed by atoms with Gasteiger partial charge in [-0.1, -0.05) is 12.1 Å². The minimum absolute atomic E-state index is 0.286. The summed E-state index contributed by atoms with van der Waals surface area (Å²) >= 11 is 0. The number of benzene rings is 2. The SMILES string of the molecule is Nc1cc2c(c(Cn3cnc4ccccc43)c1)OCOC2. The second-order valence-corrected chi connectivity index (χ2v) is 5.14. The van der Waals surface area contributed by atoms with E-state index in [4.69, 9.17) is 15.2 Å². The summed E-state index contributed by atoms with van der Waals surface area (Å²) < 4.78 is 13.1. The van der Waals surface area contributed by atoms with E-state index in [0.717, 1.165) is 33.6 Å². The van der Waals surface area contributed by atoms with Crippen molar-refractivity contribution in [3.05, 3.63) is 53.9 Å². The van der Waals surface area contributed by atoms with Crippen molar-refractivity contribution >= 4 is 16.7 Å². The van der Waals surface area contributed by atoms with Crippen LogP contribution in [0.4, 0.5) is 5.69 Å². The van der Waals surface area contributed by atoms with Gasteiger partial charge in [-0.05, 0) is 24.3 Å². The third-order valence-electron chi connectivity index (χ3n) is 3.68. The Morgan fingerprint density at radius 1 is 1.24 bits per heavy atom. The van der Waals surface area contributed by atoms with Crippen LogP contribution in [0.15, 0.2) is 42.7 Å². The third-order valence-corrected chi connectivity index (χ3v) is 3.68. The molecule has 5 heteroatoms. The smallest absolute Gasteiger partial charge is 0.189 e. The van der Waals surface area contributed by atoms with E-state index in [0.29, 0.717) is 13.2 Å². The van der Waals surface area contributed by atoms with Gasteiger partial charge in [-0.2, -0.15) is 0 Å². The summed E-state index contributed by atoms with van der Waals surface area (Å²) in [5, 5.41) is 0. The van der Waals surface area contributed by atoms with E-state index in [2.05, 4.69) is 15.6 Å². The lowest BCUT2D eigenvalue weighted by Crippen LogP contribution is -2.14. The van der Waals surface area contributed by atoms with Crippen molar-refractivity contribution < 1.29 is 9.47 Å². The molecule has 3 aromatic rings. The Morgan fingerprint density at radius 2 is 2.14 bits per heavy atom. The second-order valence-electron chi connectivity index (χ2n) is 5.14. The number of rotatable bonds is 2. The summed E-state index contributed by atoms with van der Waals surface area (Å²) in [7, 11) is 0. The van der Waals surface area contributed by atoms with E-state index in [9.17, 15) is 0 Å². The number of nitrogen functional groups attached to an aromatic ring is 1. The highest BCUT2D eigenvalue weighted by Gasteiger charge is 2.17. The molecule has 0 fully saturated rings. The van der Waals surface area contributed by atoms with Crippen LogP contribution in [0.2, 0.25) is 0 Å². The van der Waals surface area contributed by atoms with Crippen LogP contribution in [-0.2, 0) is 17.9 Å². The number of para-hydroxylation sites is 2. The Morgan fingerprint density at radius 3 is 3.10 bits per heavy atom. The van der Waals surface area contributed by atoms with Crippen LogP contribution < -0.4 is 10.5 Å². The number of hydrogen-bond acceptors (Lipinski definition) is 4. The molecule has 0 radical (unpaired) electrons. The monoisotopic (exact) mass is 281 g/mol. The molecule has 1 aliphatic heterocycles. The lowest BCUT2D eigenvalue weighted by atomic mass is 10.1. The van der Waals surface area contributed by atoms with Gasteiger partial charge < -0.3 is 19.8 Å². The summed E-state index contributed by atoms with van der Waals surface area (Å²) in [5.41, 5.74) is 10.8. The highest BCUT2D eigenvalue weighted by Crippen LogP contribution is 2.31. The molecule has 2 heterocycles. The summed E-state index contributed by atoms with van der Waals surface area (Å²) in [4.78, 5) is 4.42. The van der Waals surface area contributed by atoms with Gasteiger partial charge in [0.05, 0.1) is 30.5 Å². The molecule has 1 aromatic heterocycles. The Bertz CT molecular complexity index is 810. The zero-order valence-corrected chi connectivity index (χ0v) is 11.5. The molecule has 1 aliphatic rings. The lowest BCUT2D eigenvalue weighted by Gasteiger charge is -2.21. The minimum atomic E-state index is 0.286. The predicted molar refractivity (Wildman–Crippen MR) is 80.0 cm³/mol. The topological polar surface area (TPSA) is 62.3 Å². The molecule has 0 saturated carbocycles. The van der Waals surface area contributed by atoms with Crippen LogP contribution in [0.5, 0.6) is 5.75 Å². The molecular formula is C16H15N3O2. The van der Waals surface area contributed by atoms with Crippen LogP contribution in [-0.4, -0.2) is 16.3 Å². The Labute approximate surface area is 121 Å². The molecule has 4 rings (SSSR count). The molecule has 5 nitrogen and oxygen atoms in total. The Balaban J connectivity index is 1.79. The van der Waals surface area contributed by atoms with Crippen LogP contribution in [0.25, 0.3) is 11.0 Å². The number of nitrogens with two attached hydrogens (primary N) is 1. The number of ether oxygens (including phenoxy) is 2. The first-order valence-corrected chi connectivity index (χ1v) is 6.83. The van der Waals surface area contributed by atoms with Gasteiger partial charge in [-0.25, -0.2) is 4.98 Å². The van der Waals surface area contributed by atoms with Crippen molar-refractivity contribution in [1.82, 2.24) is 9.55 Å². The van der Waals surface area contributed by atoms with E-state index in [1.165, 1.54) is 0 Å². The zero-order chi connectivity index (χ0) is 14.2. The molecule has 106 valence electrons. The maximum Gasteiger partial charge on any atom is 0.189 e. The van der Waals surface area contributed by atoms with Gasteiger partial charge in [0, 0.05) is 16.8 Å². The van der Waals surface area contributed by atoms with E-state index >= 15 is 0 Å². The minimum Gasteiger partial charge on any atom is -0.467 e. The zero-order valence-electron chi connectivity index (χ0n) is 11.5. The summed E-state index contributed by atoms with van der Waals surface area (Å²) in [5.74, 6) is 0.883. The highest BCUT2D eigenvalue weighted by molar-refractivity contribution is 5.75. The van der Waals surface area contributed by atoms with Gasteiger partial charge in [0.15, 0.2) is 6.79 Å². The average Bonchev–Trinajstić information content (AvgIpc) is 2.90. The second kappa shape index (κ2) is 4.79. The molecule has 0 amide bonds. The largest absolute Gasteiger partial charge is 0.467 e. The van der Waals surface area contributed by atoms with E-state index in [-0.39, 0.29) is 6.79 Å². The fourth-order valence-corrected chi connectivity index (χ4v) is 2.76. The van der Waals surface area contributed by atoms with Crippen LogP contribution in [0.1, 0.15) is 11.1 Å². The first-order valence-electron chi connectivity index (χ1n) is 6.83. The maximum atomic E-state index is 5.99. The molecule has 2 aromatic carbocycles. The van der Waals surface area contributed by atoms with E-state index in [1.807, 2.05) is 36.7 Å². The molecule has 0 atom stereocenters. The van der Waals surface area contributed by atoms with Gasteiger partial charge >= 0.3 is 0 Å². The Kier molecular flexibility index (Phi) is 2.79. The molecule has 0 unspecified atom stereocenters. The van der Waals surface area contributed by atoms with Crippen LogP contribution in [0, 0.1) is 0 Å². The number of nitrogens with zero attached hydrogens (tertiary/aromatic N) is 2. The van der Waals surface area contributed by atoms with Gasteiger partial charge in [0.2, 0.25) is 0 Å². The first kappa shape index (κ1) is 12.2. The van der Waals surface area contributed by atoms with Gasteiger partial charge in [-0.3, -0.25) is 0 Å². The van der Waals surface area contributed by atoms with Gasteiger partial charge in [0.1, 0.15) is 5.75 Å². The average molecular weight is 281 g/mol. The molecule has 0 spiro atoms. The maximum absolute atomic E-state index is 5.99. The summed E-state index contributed by atoms with van der Waals surface area (Å²) in [6, 6.07) is 11.9. The number of hydrogen-bond donors (Lipinski definition) is 1. The lowest BCUT2D eigenvalue weighted by molar-refractivity contribution is -0.0170. The van der Waals surface area contributed by atoms with E-state index in [1.54, 1.807) is 0 Å². The van der Waals surface area contributed by atoms with Gasteiger partial charge in [0.25, 0.3) is 0 Å². The molecular weight excluding hydrogens is 266 g/mol. The summed E-state index contributed by atoms with van der Waals surface area (Å²) in [6.45, 7) is 1.50. The number of imidazole rings is 1. The number of anilines is 1. The van der Waals surface area contributed by atoms with Gasteiger partial charge in [-0.15, -0.1) is 0 Å². The van der Waals surface area contributed by atoms with E-state index < -0.39 is 0 Å². The summed E-state index contributed by atoms with van der Waals surface area (Å²) in [6.07, 6.45) is 1.85. The predicted octanol–water partition coefficient (Wildman–Crippen LogP) is 2.53. The van der Waals surface area contributed by atoms with Crippen LogP contribution in [0.3, 0.4) is 0 Å². The van der Waals surface area contributed by atoms with Crippen LogP contribution >= 0.6 is 0 Å². The molecule has 21 heavy (non-hydrogen) atoms. The highest BCUT2D eigenvalue weighted by atomic mass is 16.7. The van der Waals surface area contributed by atoms with Crippen molar-refractivity contribution in [3.8, 4) is 5.75 Å². The standard InChI is InChI=1S/C16H15N3O2/c17-13-5-11(16-12(6-13)8-20-10-21-16)7-19-9-18-14-3-1-2-4-15(14)19/h1-6,9H,7-8,10,17H2. The number of fused-ring (bicyclic) bond motifs is 2. The third kappa shape index (κ3) is 2.11.